The van der Waals surface area contributed by atoms with E-state index in [0.717, 1.165) is 10.7 Å². The Morgan fingerprint density at radius 1 is 1.33 bits per heavy atom. The van der Waals surface area contributed by atoms with Gasteiger partial charge in [0.05, 0.1) is 16.8 Å². The molecule has 0 aliphatic heterocycles. The van der Waals surface area contributed by atoms with Gasteiger partial charge in [0, 0.05) is 17.8 Å². The van der Waals surface area contributed by atoms with Crippen LogP contribution in [0.1, 0.15) is 31.3 Å². The van der Waals surface area contributed by atoms with Crippen molar-refractivity contribution in [2.24, 2.45) is 5.73 Å². The summed E-state index contributed by atoms with van der Waals surface area (Å²) in [5.41, 5.74) is 7.01. The first-order valence-corrected chi connectivity index (χ1v) is 6.33. The maximum Gasteiger partial charge on any atom is 0.144 e. The fraction of sp³-hybridized carbons (Fsp3) is 0.333. The molecule has 18 heavy (non-hydrogen) atoms. The first kappa shape index (κ1) is 12.6. The summed E-state index contributed by atoms with van der Waals surface area (Å²) in [6, 6.07) is 0. The van der Waals surface area contributed by atoms with Crippen molar-refractivity contribution in [1.29, 1.82) is 5.41 Å². The molecule has 0 bridgehead atoms. The van der Waals surface area contributed by atoms with Gasteiger partial charge in [-0.3, -0.25) is 15.4 Å². The zero-order valence-electron chi connectivity index (χ0n) is 10.6. The highest BCUT2D eigenvalue weighted by Gasteiger charge is 2.25. The lowest BCUT2D eigenvalue weighted by atomic mass is 9.91. The Kier molecular flexibility index (Phi) is 3.13. The van der Waals surface area contributed by atoms with Crippen LogP contribution in [0.15, 0.2) is 18.6 Å². The highest BCUT2D eigenvalue weighted by atomic mass is 32.1. The molecule has 0 atom stereocenters. The molecule has 2 aromatic heterocycles. The van der Waals surface area contributed by atoms with E-state index >= 15 is 0 Å². The fourth-order valence-electron chi connectivity index (χ4n) is 1.53. The number of nitrogens with two attached hydrogens (primary N) is 1. The van der Waals surface area contributed by atoms with E-state index in [0.29, 0.717) is 10.6 Å². The quantitative estimate of drug-likeness (QED) is 0.640. The van der Waals surface area contributed by atoms with Crippen LogP contribution in [0.4, 0.5) is 0 Å². The maximum atomic E-state index is 7.64. The molecular formula is C12H15N5S. The lowest BCUT2D eigenvalue weighted by molar-refractivity contribution is 0.572. The summed E-state index contributed by atoms with van der Waals surface area (Å²) in [6.45, 7) is 6.15. The second kappa shape index (κ2) is 4.45. The number of rotatable bonds is 2. The smallest absolute Gasteiger partial charge is 0.144 e. The highest BCUT2D eigenvalue weighted by Crippen LogP contribution is 2.33. The summed E-state index contributed by atoms with van der Waals surface area (Å²) in [7, 11) is 0. The first-order chi connectivity index (χ1) is 8.39. The zero-order valence-corrected chi connectivity index (χ0v) is 11.4. The Bertz CT molecular complexity index is 568. The lowest BCUT2D eigenvalue weighted by Gasteiger charge is -2.16. The van der Waals surface area contributed by atoms with E-state index < -0.39 is 0 Å². The van der Waals surface area contributed by atoms with Gasteiger partial charge in [0.25, 0.3) is 0 Å². The van der Waals surface area contributed by atoms with Gasteiger partial charge in [0.2, 0.25) is 0 Å². The third-order valence-electron chi connectivity index (χ3n) is 2.36. The number of thiazole rings is 1. The van der Waals surface area contributed by atoms with Gasteiger partial charge >= 0.3 is 0 Å². The molecule has 0 saturated heterocycles. The van der Waals surface area contributed by atoms with E-state index in [-0.39, 0.29) is 11.3 Å². The van der Waals surface area contributed by atoms with Gasteiger partial charge in [-0.2, -0.15) is 0 Å². The van der Waals surface area contributed by atoms with Gasteiger partial charge in [-0.05, 0) is 0 Å². The van der Waals surface area contributed by atoms with Crippen molar-refractivity contribution >= 4 is 17.2 Å². The first-order valence-electron chi connectivity index (χ1n) is 5.51. The molecule has 0 unspecified atom stereocenters. The Hall–Kier alpha value is -1.82. The van der Waals surface area contributed by atoms with Gasteiger partial charge in [0.1, 0.15) is 16.5 Å². The van der Waals surface area contributed by atoms with Crippen molar-refractivity contribution in [2.45, 2.75) is 26.2 Å². The van der Waals surface area contributed by atoms with E-state index in [1.165, 1.54) is 11.3 Å². The summed E-state index contributed by atoms with van der Waals surface area (Å²) in [5, 5.41) is 8.39. The SMILES string of the molecule is CC(C)(C)c1nc(-c2cnccn2)sc1C(=N)N. The minimum Gasteiger partial charge on any atom is -0.383 e. The topological polar surface area (TPSA) is 88.5 Å². The van der Waals surface area contributed by atoms with E-state index in [1.54, 1.807) is 18.6 Å². The van der Waals surface area contributed by atoms with Crippen molar-refractivity contribution in [3.8, 4) is 10.7 Å². The average Bonchev–Trinajstić information content (AvgIpc) is 2.74. The fourth-order valence-corrected chi connectivity index (χ4v) is 2.63. The van der Waals surface area contributed by atoms with Crippen LogP contribution in [0.25, 0.3) is 10.7 Å². The normalized spacial score (nSPS) is 11.5. The summed E-state index contributed by atoms with van der Waals surface area (Å²) in [4.78, 5) is 13.5. The molecule has 94 valence electrons. The second-order valence-corrected chi connectivity index (χ2v) is 5.95. The molecule has 3 N–H and O–H groups in total. The van der Waals surface area contributed by atoms with Crippen molar-refractivity contribution < 1.29 is 0 Å². The molecule has 2 aromatic rings. The van der Waals surface area contributed by atoms with Crippen LogP contribution in [0.2, 0.25) is 0 Å². The van der Waals surface area contributed by atoms with Crippen LogP contribution in [0.5, 0.6) is 0 Å². The number of nitrogen functional groups attached to an aromatic ring is 1. The maximum absolute atomic E-state index is 7.64. The molecule has 2 rings (SSSR count). The van der Waals surface area contributed by atoms with Crippen LogP contribution >= 0.6 is 11.3 Å². The summed E-state index contributed by atoms with van der Waals surface area (Å²) in [6.07, 6.45) is 4.91. The molecule has 0 spiro atoms. The number of hydrogen-bond acceptors (Lipinski definition) is 5. The van der Waals surface area contributed by atoms with Gasteiger partial charge in [-0.1, -0.05) is 20.8 Å². The summed E-state index contributed by atoms with van der Waals surface area (Å²) in [5.74, 6) is 0.0487. The minimum absolute atomic E-state index is 0.0487. The van der Waals surface area contributed by atoms with E-state index in [1.807, 2.05) is 0 Å². The van der Waals surface area contributed by atoms with Crippen molar-refractivity contribution in [1.82, 2.24) is 15.0 Å². The third kappa shape index (κ3) is 2.38. The number of aromatic nitrogens is 3. The molecule has 0 aliphatic carbocycles. The zero-order chi connectivity index (χ0) is 13.3. The van der Waals surface area contributed by atoms with Gasteiger partial charge in [-0.15, -0.1) is 11.3 Å². The van der Waals surface area contributed by atoms with Gasteiger partial charge < -0.3 is 5.73 Å². The predicted octanol–water partition coefficient (Wildman–Crippen LogP) is 2.18. The molecule has 6 heteroatoms. The molecular weight excluding hydrogens is 246 g/mol. The predicted molar refractivity (Wildman–Crippen MR) is 72.9 cm³/mol. The molecule has 2 heterocycles. The highest BCUT2D eigenvalue weighted by molar-refractivity contribution is 7.17. The Morgan fingerprint density at radius 2 is 2.06 bits per heavy atom. The van der Waals surface area contributed by atoms with Crippen LogP contribution in [0.3, 0.4) is 0 Å². The Balaban J connectivity index is 2.57. The van der Waals surface area contributed by atoms with Gasteiger partial charge in [0.15, 0.2) is 0 Å². The van der Waals surface area contributed by atoms with E-state index in [2.05, 4.69) is 35.7 Å². The average molecular weight is 261 g/mol. The second-order valence-electron chi connectivity index (χ2n) is 4.95. The van der Waals surface area contributed by atoms with E-state index in [4.69, 9.17) is 11.1 Å². The number of nitrogens with zero attached hydrogens (tertiary/aromatic N) is 3. The third-order valence-corrected chi connectivity index (χ3v) is 3.48. The van der Waals surface area contributed by atoms with Crippen LogP contribution in [-0.2, 0) is 5.41 Å². The summed E-state index contributed by atoms with van der Waals surface area (Å²) < 4.78 is 0. The van der Waals surface area contributed by atoms with Gasteiger partial charge in [-0.25, -0.2) is 4.98 Å². The largest absolute Gasteiger partial charge is 0.383 e. The number of amidine groups is 1. The molecule has 0 aromatic carbocycles. The van der Waals surface area contributed by atoms with Crippen molar-refractivity contribution in [3.63, 3.8) is 0 Å². The van der Waals surface area contributed by atoms with Crippen LogP contribution in [0, 0.1) is 5.41 Å². The molecule has 0 radical (unpaired) electrons. The van der Waals surface area contributed by atoms with Crippen molar-refractivity contribution in [3.05, 3.63) is 29.2 Å². The minimum atomic E-state index is -0.155. The molecule has 5 nitrogen and oxygen atoms in total. The monoisotopic (exact) mass is 261 g/mol. The van der Waals surface area contributed by atoms with Crippen molar-refractivity contribution in [2.75, 3.05) is 0 Å². The Labute approximate surface area is 110 Å². The molecule has 0 aliphatic rings. The molecule has 0 saturated carbocycles. The summed E-state index contributed by atoms with van der Waals surface area (Å²) >= 11 is 1.38. The van der Waals surface area contributed by atoms with Crippen LogP contribution < -0.4 is 5.73 Å². The number of hydrogen-bond donors (Lipinski definition) is 2. The Morgan fingerprint density at radius 3 is 2.50 bits per heavy atom. The van der Waals surface area contributed by atoms with Crippen LogP contribution in [-0.4, -0.2) is 20.8 Å². The molecule has 0 fully saturated rings. The standard InChI is InChI=1S/C12H15N5S/c1-12(2,3)9-8(10(13)14)18-11(17-9)7-6-15-4-5-16-7/h4-6H,1-3H3,(H3,13,14). The van der Waals surface area contributed by atoms with E-state index in [9.17, 15) is 0 Å². The molecule has 0 amide bonds. The lowest BCUT2D eigenvalue weighted by Crippen LogP contribution is -2.19. The number of nitrogens with one attached hydrogen (secondary N) is 1.